The molecule has 1 aromatic carbocycles. The number of hydrogen-bond acceptors (Lipinski definition) is 7. The number of hydrogen-bond donors (Lipinski definition) is 0. The molecular formula is C23H24FN5OS2. The third-order valence-electron chi connectivity index (χ3n) is 5.75. The van der Waals surface area contributed by atoms with E-state index in [-0.39, 0.29) is 11.1 Å². The van der Waals surface area contributed by atoms with Crippen LogP contribution in [0.5, 0.6) is 0 Å². The minimum atomic E-state index is -0.294. The summed E-state index contributed by atoms with van der Waals surface area (Å²) in [4.78, 5) is 1.29. The average molecular weight is 470 g/mol. The van der Waals surface area contributed by atoms with E-state index < -0.39 is 0 Å². The van der Waals surface area contributed by atoms with Crippen molar-refractivity contribution in [1.82, 2.24) is 25.0 Å². The largest absolute Gasteiger partial charge is 0.419 e. The van der Waals surface area contributed by atoms with E-state index in [1.807, 2.05) is 6.92 Å². The maximum absolute atomic E-state index is 13.2. The second kappa shape index (κ2) is 9.54. The smallest absolute Gasteiger partial charge is 0.247 e. The number of thioether (sulfide) groups is 1. The van der Waals surface area contributed by atoms with Gasteiger partial charge < -0.3 is 8.98 Å². The van der Waals surface area contributed by atoms with Crippen molar-refractivity contribution in [2.24, 2.45) is 0 Å². The van der Waals surface area contributed by atoms with Gasteiger partial charge in [-0.1, -0.05) is 37.1 Å². The zero-order valence-corrected chi connectivity index (χ0v) is 19.4. The molecule has 4 aromatic rings. The summed E-state index contributed by atoms with van der Waals surface area (Å²) in [6.45, 7) is 2.03. The highest BCUT2D eigenvalue weighted by Crippen LogP contribution is 2.39. The molecule has 0 radical (unpaired) electrons. The Balaban J connectivity index is 1.38. The van der Waals surface area contributed by atoms with Crippen LogP contribution in [0.4, 0.5) is 4.39 Å². The third-order valence-corrected chi connectivity index (χ3v) is 7.67. The molecule has 5 rings (SSSR count). The van der Waals surface area contributed by atoms with Gasteiger partial charge in [-0.3, -0.25) is 0 Å². The summed E-state index contributed by atoms with van der Waals surface area (Å²) in [5, 5.41) is 20.4. The van der Waals surface area contributed by atoms with Crippen LogP contribution < -0.4 is 0 Å². The van der Waals surface area contributed by atoms with E-state index in [2.05, 4.69) is 42.5 Å². The maximum atomic E-state index is 13.2. The quantitative estimate of drug-likeness (QED) is 0.289. The molecule has 9 heteroatoms. The van der Waals surface area contributed by atoms with Crippen LogP contribution in [-0.4, -0.2) is 25.0 Å². The van der Waals surface area contributed by atoms with Gasteiger partial charge >= 0.3 is 0 Å². The van der Waals surface area contributed by atoms with E-state index in [9.17, 15) is 4.39 Å². The Morgan fingerprint density at radius 3 is 2.66 bits per heavy atom. The molecule has 1 aliphatic rings. The van der Waals surface area contributed by atoms with E-state index in [1.54, 1.807) is 35.2 Å². The fraction of sp³-hybridized carbons (Fsp3) is 0.391. The van der Waals surface area contributed by atoms with Gasteiger partial charge in [-0.05, 0) is 55.5 Å². The SMILES string of the molecule is C[C@H](Sc1nnc(Cc2cccs2)n1C1CCCCC1)c1nnc(-c2ccc(F)cc2)o1. The number of rotatable bonds is 7. The Labute approximate surface area is 194 Å². The molecule has 0 unspecified atom stereocenters. The first-order valence-electron chi connectivity index (χ1n) is 10.9. The maximum Gasteiger partial charge on any atom is 0.247 e. The minimum Gasteiger partial charge on any atom is -0.419 e. The summed E-state index contributed by atoms with van der Waals surface area (Å²) in [5.74, 6) is 1.64. The van der Waals surface area contributed by atoms with Crippen molar-refractivity contribution in [2.75, 3.05) is 0 Å². The van der Waals surface area contributed by atoms with E-state index in [4.69, 9.17) is 4.42 Å². The van der Waals surface area contributed by atoms with Gasteiger partial charge in [0.25, 0.3) is 0 Å². The second-order valence-electron chi connectivity index (χ2n) is 8.03. The predicted octanol–water partition coefficient (Wildman–Crippen LogP) is 6.48. The van der Waals surface area contributed by atoms with Crippen molar-refractivity contribution >= 4 is 23.1 Å². The van der Waals surface area contributed by atoms with Crippen molar-refractivity contribution in [1.29, 1.82) is 0 Å². The van der Waals surface area contributed by atoms with E-state index in [1.165, 1.54) is 36.3 Å². The van der Waals surface area contributed by atoms with Gasteiger partial charge in [0, 0.05) is 22.9 Å². The minimum absolute atomic E-state index is 0.0853. The highest BCUT2D eigenvalue weighted by atomic mass is 32.2. The summed E-state index contributed by atoms with van der Waals surface area (Å²) in [5.41, 5.74) is 0.700. The van der Waals surface area contributed by atoms with Gasteiger partial charge in [-0.15, -0.1) is 31.7 Å². The number of nitrogens with zero attached hydrogens (tertiary/aromatic N) is 5. The first kappa shape index (κ1) is 21.3. The van der Waals surface area contributed by atoms with Crippen LogP contribution in [0.15, 0.2) is 51.4 Å². The molecule has 1 atom stereocenters. The van der Waals surface area contributed by atoms with Crippen molar-refractivity contribution < 1.29 is 8.81 Å². The molecule has 1 aliphatic carbocycles. The summed E-state index contributed by atoms with van der Waals surface area (Å²) < 4.78 is 21.5. The lowest BCUT2D eigenvalue weighted by Crippen LogP contribution is -2.17. The summed E-state index contributed by atoms with van der Waals surface area (Å²) >= 11 is 3.35. The molecule has 3 aromatic heterocycles. The zero-order valence-electron chi connectivity index (χ0n) is 17.8. The molecule has 6 nitrogen and oxygen atoms in total. The lowest BCUT2D eigenvalue weighted by molar-refractivity contribution is 0.330. The highest BCUT2D eigenvalue weighted by Gasteiger charge is 2.26. The van der Waals surface area contributed by atoms with Gasteiger partial charge in [0.05, 0.1) is 5.25 Å². The lowest BCUT2D eigenvalue weighted by atomic mass is 9.95. The fourth-order valence-electron chi connectivity index (χ4n) is 4.10. The molecule has 0 N–H and O–H groups in total. The normalized spacial score (nSPS) is 15.8. The van der Waals surface area contributed by atoms with Crippen LogP contribution in [-0.2, 0) is 6.42 Å². The van der Waals surface area contributed by atoms with Gasteiger partial charge in [-0.25, -0.2) is 4.39 Å². The molecule has 0 bridgehead atoms. The fourth-order valence-corrected chi connectivity index (χ4v) is 5.77. The third kappa shape index (κ3) is 4.63. The van der Waals surface area contributed by atoms with Crippen molar-refractivity contribution in [3.05, 3.63) is 64.2 Å². The van der Waals surface area contributed by atoms with Gasteiger partial charge in [0.15, 0.2) is 5.16 Å². The number of benzene rings is 1. The van der Waals surface area contributed by atoms with Crippen LogP contribution in [0, 0.1) is 5.82 Å². The van der Waals surface area contributed by atoms with E-state index in [0.717, 1.165) is 30.2 Å². The number of aromatic nitrogens is 5. The summed E-state index contributed by atoms with van der Waals surface area (Å²) in [6.07, 6.45) is 6.90. The first-order chi connectivity index (χ1) is 15.7. The van der Waals surface area contributed by atoms with Crippen molar-refractivity contribution in [2.45, 2.75) is 61.9 Å². The highest BCUT2D eigenvalue weighted by molar-refractivity contribution is 7.99. The molecule has 1 fully saturated rings. The Hall–Kier alpha value is -2.52. The number of thiophene rings is 1. The average Bonchev–Trinajstić information content (AvgIpc) is 3.57. The van der Waals surface area contributed by atoms with Crippen LogP contribution in [0.25, 0.3) is 11.5 Å². The van der Waals surface area contributed by atoms with Gasteiger partial charge in [-0.2, -0.15) is 0 Å². The lowest BCUT2D eigenvalue weighted by Gasteiger charge is -2.26. The summed E-state index contributed by atoms with van der Waals surface area (Å²) in [7, 11) is 0. The monoisotopic (exact) mass is 469 g/mol. The first-order valence-corrected chi connectivity index (χ1v) is 12.7. The van der Waals surface area contributed by atoms with Crippen LogP contribution in [0.1, 0.15) is 66.9 Å². The van der Waals surface area contributed by atoms with Crippen LogP contribution in [0.3, 0.4) is 0 Å². The van der Waals surface area contributed by atoms with Gasteiger partial charge in [0.2, 0.25) is 11.8 Å². The van der Waals surface area contributed by atoms with E-state index >= 15 is 0 Å². The van der Waals surface area contributed by atoms with Crippen molar-refractivity contribution in [3.63, 3.8) is 0 Å². The molecule has 166 valence electrons. The molecular weight excluding hydrogens is 445 g/mol. The Morgan fingerprint density at radius 1 is 1.09 bits per heavy atom. The Morgan fingerprint density at radius 2 is 1.91 bits per heavy atom. The topological polar surface area (TPSA) is 69.6 Å². The van der Waals surface area contributed by atoms with Crippen molar-refractivity contribution in [3.8, 4) is 11.5 Å². The standard InChI is InChI=1S/C23H24FN5OS2/c1-15(21-26-27-22(30-21)16-9-11-17(24)12-10-16)32-23-28-25-20(14-19-8-5-13-31-19)29(23)18-6-3-2-4-7-18/h5,8-13,15,18H,2-4,6-7,14H2,1H3/t15-/m0/s1. The molecule has 0 aliphatic heterocycles. The summed E-state index contributed by atoms with van der Waals surface area (Å²) in [6, 6.07) is 10.7. The zero-order chi connectivity index (χ0) is 21.9. The van der Waals surface area contributed by atoms with Crippen LogP contribution >= 0.6 is 23.1 Å². The molecule has 3 heterocycles. The Kier molecular flexibility index (Phi) is 6.36. The predicted molar refractivity (Wildman–Crippen MR) is 123 cm³/mol. The molecule has 1 saturated carbocycles. The molecule has 32 heavy (non-hydrogen) atoms. The van der Waals surface area contributed by atoms with E-state index in [0.29, 0.717) is 23.4 Å². The Bertz CT molecular complexity index is 1150. The van der Waals surface area contributed by atoms with Crippen LogP contribution in [0.2, 0.25) is 0 Å². The molecule has 0 spiro atoms. The molecule has 0 saturated heterocycles. The number of halogens is 1. The van der Waals surface area contributed by atoms with Gasteiger partial charge in [0.1, 0.15) is 11.6 Å². The second-order valence-corrected chi connectivity index (χ2v) is 10.4. The molecule has 0 amide bonds.